The first-order chi connectivity index (χ1) is 13.7. The molecule has 2 aliphatic heterocycles. The number of carbonyl (C=O) groups is 5. The van der Waals surface area contributed by atoms with Gasteiger partial charge in [-0.1, -0.05) is 13.3 Å². The van der Waals surface area contributed by atoms with Gasteiger partial charge in [-0.3, -0.25) is 14.4 Å². The van der Waals surface area contributed by atoms with Gasteiger partial charge in [0.2, 0.25) is 17.7 Å². The lowest BCUT2D eigenvalue weighted by Gasteiger charge is -2.53. The number of β-lactam (4-membered cyclic amide) rings is 1. The number of unbranched alkanes of at least 4 members (excludes halogenated alkanes) is 1. The summed E-state index contributed by atoms with van der Waals surface area (Å²) in [6.45, 7) is 1.47. The number of rotatable bonds is 10. The van der Waals surface area contributed by atoms with Crippen LogP contribution in [0.4, 0.5) is 0 Å². The summed E-state index contributed by atoms with van der Waals surface area (Å²) in [5.74, 6) is -3.12. The molecule has 2 saturated heterocycles. The van der Waals surface area contributed by atoms with E-state index in [-0.39, 0.29) is 36.6 Å². The minimum Gasteiger partial charge on any atom is -0.480 e. The number of fused-ring (bicyclic) bond motifs is 1. The standard InChI is InChI=1S/C17H26N4O7S/c1-8-7-29-15-12(14(24)21(15)13(8)17(27)28)20-10(22)5-3-2-4-9(16(25)26)19-11(23)6-18/h8-9,12-13,15H,2-7,18H2,1H3,(H,19,23)(H,20,22)(H,25,26)(H,27,28)/t8-,9+,12-,13+,15-/m1/s1. The largest absolute Gasteiger partial charge is 0.480 e. The molecule has 162 valence electrons. The van der Waals surface area contributed by atoms with Crippen molar-refractivity contribution in [2.75, 3.05) is 12.3 Å². The number of aliphatic carboxylic acids is 2. The number of nitrogens with two attached hydrogens (primary N) is 1. The first-order valence-electron chi connectivity index (χ1n) is 9.35. The fraction of sp³-hybridized carbons (Fsp3) is 0.706. The molecule has 0 unspecified atom stereocenters. The van der Waals surface area contributed by atoms with Crippen LogP contribution in [0.15, 0.2) is 0 Å². The second-order valence-electron chi connectivity index (χ2n) is 7.18. The van der Waals surface area contributed by atoms with Crippen LogP contribution >= 0.6 is 11.8 Å². The monoisotopic (exact) mass is 430 g/mol. The molecule has 3 amide bonds. The molecule has 2 rings (SSSR count). The second kappa shape index (κ2) is 9.92. The minimum atomic E-state index is -1.17. The lowest BCUT2D eigenvalue weighted by atomic mass is 9.95. The lowest BCUT2D eigenvalue weighted by Crippen LogP contribution is -2.75. The maximum absolute atomic E-state index is 12.3. The molecule has 2 aliphatic rings. The van der Waals surface area contributed by atoms with Crippen molar-refractivity contribution >= 4 is 41.4 Å². The Morgan fingerprint density at radius 3 is 2.52 bits per heavy atom. The number of hydrogen-bond donors (Lipinski definition) is 5. The van der Waals surface area contributed by atoms with E-state index in [0.29, 0.717) is 18.6 Å². The molecule has 12 heteroatoms. The predicted octanol–water partition coefficient (Wildman–Crippen LogP) is -1.44. The third kappa shape index (κ3) is 5.38. The van der Waals surface area contributed by atoms with E-state index in [4.69, 9.17) is 10.8 Å². The molecule has 0 aliphatic carbocycles. The number of carboxylic acids is 2. The summed E-state index contributed by atoms with van der Waals surface area (Å²) in [7, 11) is 0. The first kappa shape index (κ1) is 22.9. The SMILES string of the molecule is C[C@@H]1CS[C@@H]2[C@H](NC(=O)CCCC[C@H](NC(=O)CN)C(=O)O)C(=O)N2[C@@H]1C(=O)O. The molecule has 29 heavy (non-hydrogen) atoms. The second-order valence-corrected chi connectivity index (χ2v) is 8.33. The Morgan fingerprint density at radius 2 is 1.93 bits per heavy atom. The molecule has 2 heterocycles. The molecule has 11 nitrogen and oxygen atoms in total. The van der Waals surface area contributed by atoms with Crippen LogP contribution in [-0.4, -0.2) is 80.6 Å². The Morgan fingerprint density at radius 1 is 1.24 bits per heavy atom. The maximum Gasteiger partial charge on any atom is 0.326 e. The van der Waals surface area contributed by atoms with Crippen LogP contribution in [0.3, 0.4) is 0 Å². The first-order valence-corrected chi connectivity index (χ1v) is 10.4. The number of carboxylic acid groups (broad SMARTS) is 2. The van der Waals surface area contributed by atoms with Gasteiger partial charge in [0, 0.05) is 12.2 Å². The summed E-state index contributed by atoms with van der Waals surface area (Å²) in [6.07, 6.45) is 1.01. The lowest BCUT2D eigenvalue weighted by molar-refractivity contribution is -0.164. The Hall–Kier alpha value is -2.34. The van der Waals surface area contributed by atoms with Crippen LogP contribution in [0.1, 0.15) is 32.6 Å². The zero-order valence-electron chi connectivity index (χ0n) is 16.0. The van der Waals surface area contributed by atoms with E-state index >= 15 is 0 Å². The zero-order valence-corrected chi connectivity index (χ0v) is 16.8. The van der Waals surface area contributed by atoms with Crippen molar-refractivity contribution in [2.24, 2.45) is 11.7 Å². The third-order valence-corrected chi connectivity index (χ3v) is 6.54. The van der Waals surface area contributed by atoms with Gasteiger partial charge in [-0.25, -0.2) is 9.59 Å². The Balaban J connectivity index is 1.76. The molecule has 2 fully saturated rings. The summed E-state index contributed by atoms with van der Waals surface area (Å²) in [4.78, 5) is 59.6. The third-order valence-electron chi connectivity index (χ3n) is 4.98. The van der Waals surface area contributed by atoms with Gasteiger partial charge in [0.15, 0.2) is 0 Å². The minimum absolute atomic E-state index is 0.0943. The molecule has 0 spiro atoms. The van der Waals surface area contributed by atoms with Crippen LogP contribution in [0.25, 0.3) is 0 Å². The van der Waals surface area contributed by atoms with Crippen LogP contribution in [-0.2, 0) is 24.0 Å². The van der Waals surface area contributed by atoms with Gasteiger partial charge < -0.3 is 31.5 Å². The molecule has 6 N–H and O–H groups in total. The molecular weight excluding hydrogens is 404 g/mol. The van der Waals surface area contributed by atoms with Gasteiger partial charge in [0.1, 0.15) is 23.5 Å². The number of carbonyl (C=O) groups excluding carboxylic acids is 3. The van der Waals surface area contributed by atoms with Gasteiger partial charge in [0.05, 0.1) is 6.54 Å². The van der Waals surface area contributed by atoms with Gasteiger partial charge >= 0.3 is 11.9 Å². The zero-order chi connectivity index (χ0) is 21.7. The molecule has 0 aromatic carbocycles. The number of amides is 3. The highest BCUT2D eigenvalue weighted by Gasteiger charge is 2.56. The molecule has 0 radical (unpaired) electrons. The van der Waals surface area contributed by atoms with Gasteiger partial charge in [0.25, 0.3) is 0 Å². The molecule has 0 bridgehead atoms. The van der Waals surface area contributed by atoms with Crippen molar-refractivity contribution < 1.29 is 34.2 Å². The summed E-state index contributed by atoms with van der Waals surface area (Å²) >= 11 is 1.45. The number of nitrogens with zero attached hydrogens (tertiary/aromatic N) is 1. The van der Waals surface area contributed by atoms with Crippen LogP contribution in [0.2, 0.25) is 0 Å². The van der Waals surface area contributed by atoms with Gasteiger partial charge in [-0.15, -0.1) is 11.8 Å². The van der Waals surface area contributed by atoms with Crippen LogP contribution < -0.4 is 16.4 Å². The van der Waals surface area contributed by atoms with E-state index in [1.165, 1.54) is 16.7 Å². The quantitative estimate of drug-likeness (QED) is 0.205. The van der Waals surface area contributed by atoms with E-state index in [9.17, 15) is 29.1 Å². The maximum atomic E-state index is 12.3. The Labute approximate surface area is 171 Å². The van der Waals surface area contributed by atoms with E-state index in [0.717, 1.165) is 0 Å². The highest BCUT2D eigenvalue weighted by Crippen LogP contribution is 2.40. The predicted molar refractivity (Wildman–Crippen MR) is 103 cm³/mol. The average molecular weight is 430 g/mol. The average Bonchev–Trinajstić information content (AvgIpc) is 2.67. The summed E-state index contributed by atoms with van der Waals surface area (Å²) in [5, 5.41) is 23.0. The summed E-state index contributed by atoms with van der Waals surface area (Å²) < 4.78 is 0. The van der Waals surface area contributed by atoms with Crippen molar-refractivity contribution in [1.82, 2.24) is 15.5 Å². The molecule has 5 atom stereocenters. The number of hydrogen-bond acceptors (Lipinski definition) is 7. The van der Waals surface area contributed by atoms with Crippen molar-refractivity contribution in [1.29, 1.82) is 0 Å². The van der Waals surface area contributed by atoms with E-state index < -0.39 is 41.9 Å². The molecule has 0 aromatic heterocycles. The van der Waals surface area contributed by atoms with E-state index in [1.807, 2.05) is 0 Å². The highest BCUT2D eigenvalue weighted by molar-refractivity contribution is 8.00. The van der Waals surface area contributed by atoms with Crippen molar-refractivity contribution in [3.8, 4) is 0 Å². The van der Waals surface area contributed by atoms with Crippen LogP contribution in [0, 0.1) is 5.92 Å². The van der Waals surface area contributed by atoms with Gasteiger partial charge in [-0.2, -0.15) is 0 Å². The summed E-state index contributed by atoms with van der Waals surface area (Å²) in [6, 6.07) is -2.68. The van der Waals surface area contributed by atoms with E-state index in [1.54, 1.807) is 6.92 Å². The van der Waals surface area contributed by atoms with Crippen molar-refractivity contribution in [3.05, 3.63) is 0 Å². The summed E-state index contributed by atoms with van der Waals surface area (Å²) in [5.41, 5.74) is 5.15. The fourth-order valence-electron chi connectivity index (χ4n) is 3.46. The Kier molecular flexibility index (Phi) is 7.85. The van der Waals surface area contributed by atoms with Crippen molar-refractivity contribution in [3.63, 3.8) is 0 Å². The topological polar surface area (TPSA) is 179 Å². The molecule has 0 aromatic rings. The fourth-order valence-corrected chi connectivity index (χ4v) is 4.92. The normalized spacial score (nSPS) is 26.7. The highest BCUT2D eigenvalue weighted by atomic mass is 32.2. The van der Waals surface area contributed by atoms with Crippen LogP contribution in [0.5, 0.6) is 0 Å². The smallest absolute Gasteiger partial charge is 0.326 e. The Bertz CT molecular complexity index is 689. The van der Waals surface area contributed by atoms with Crippen molar-refractivity contribution in [2.45, 2.75) is 56.1 Å². The van der Waals surface area contributed by atoms with E-state index in [2.05, 4.69) is 10.6 Å². The molecule has 0 saturated carbocycles. The number of thioether (sulfide) groups is 1. The van der Waals surface area contributed by atoms with Gasteiger partial charge in [-0.05, 0) is 18.8 Å². The number of nitrogens with one attached hydrogen (secondary N) is 2. The molecular formula is C17H26N4O7S.